The number of hydroxylamine groups is 1. The van der Waals surface area contributed by atoms with Crippen LogP contribution in [0.5, 0.6) is 0 Å². The molecular weight excluding hydrogens is 162 g/mol. The van der Waals surface area contributed by atoms with E-state index in [9.17, 15) is 9.59 Å². The molecular formula is C6H13N3O3. The van der Waals surface area contributed by atoms with Crippen molar-refractivity contribution in [2.24, 2.45) is 17.4 Å². The average Bonchev–Trinajstić information content (AvgIpc) is 1.98. The quantitative estimate of drug-likeness (QED) is 0.472. The Hall–Kier alpha value is -1.30. The molecule has 0 radical (unpaired) electrons. The zero-order valence-electron chi connectivity index (χ0n) is 7.03. The Bertz CT molecular complexity index is 181. The van der Waals surface area contributed by atoms with Crippen LogP contribution in [0.25, 0.3) is 0 Å². The van der Waals surface area contributed by atoms with E-state index in [4.69, 9.17) is 5.73 Å². The van der Waals surface area contributed by atoms with E-state index in [1.54, 1.807) is 19.3 Å². The van der Waals surface area contributed by atoms with E-state index in [2.05, 4.69) is 10.6 Å². The van der Waals surface area contributed by atoms with Crippen molar-refractivity contribution in [2.45, 2.75) is 19.9 Å². The smallest absolute Gasteiger partial charge is 0.349 e. The summed E-state index contributed by atoms with van der Waals surface area (Å²) >= 11 is 0. The van der Waals surface area contributed by atoms with Crippen LogP contribution in [0, 0.1) is 5.92 Å². The molecule has 0 heterocycles. The average molecular weight is 175 g/mol. The van der Waals surface area contributed by atoms with E-state index >= 15 is 0 Å². The SMILES string of the molecule is CC(C)[C@H](N)C(=O)ONC(N)=O. The molecule has 70 valence electrons. The zero-order chi connectivity index (χ0) is 9.72. The van der Waals surface area contributed by atoms with Crippen LogP contribution < -0.4 is 16.9 Å². The van der Waals surface area contributed by atoms with Crippen LogP contribution in [-0.4, -0.2) is 18.0 Å². The van der Waals surface area contributed by atoms with Crippen molar-refractivity contribution in [1.82, 2.24) is 5.48 Å². The fraction of sp³-hybridized carbons (Fsp3) is 0.667. The Kier molecular flexibility index (Phi) is 4.06. The summed E-state index contributed by atoms with van der Waals surface area (Å²) in [6.07, 6.45) is 0. The van der Waals surface area contributed by atoms with Crippen molar-refractivity contribution < 1.29 is 14.4 Å². The zero-order valence-corrected chi connectivity index (χ0v) is 7.03. The van der Waals surface area contributed by atoms with Gasteiger partial charge in [0.05, 0.1) is 0 Å². The molecule has 1 atom stereocenters. The molecule has 0 rings (SSSR count). The van der Waals surface area contributed by atoms with Gasteiger partial charge >= 0.3 is 12.0 Å². The molecule has 0 aromatic heterocycles. The van der Waals surface area contributed by atoms with Crippen LogP contribution in [0.1, 0.15) is 13.8 Å². The molecule has 0 spiro atoms. The molecule has 0 unspecified atom stereocenters. The molecule has 0 aromatic rings. The van der Waals surface area contributed by atoms with Crippen LogP contribution in [0.15, 0.2) is 0 Å². The second-order valence-corrected chi connectivity index (χ2v) is 2.66. The number of amides is 2. The highest BCUT2D eigenvalue weighted by molar-refractivity contribution is 5.78. The summed E-state index contributed by atoms with van der Waals surface area (Å²) in [6, 6.07) is -1.68. The highest BCUT2D eigenvalue weighted by atomic mass is 16.7. The van der Waals surface area contributed by atoms with E-state index in [1.165, 1.54) is 0 Å². The fourth-order valence-corrected chi connectivity index (χ4v) is 0.441. The first-order valence-corrected chi connectivity index (χ1v) is 3.47. The van der Waals surface area contributed by atoms with E-state index in [0.717, 1.165) is 0 Å². The van der Waals surface area contributed by atoms with Gasteiger partial charge in [-0.15, -0.1) is 0 Å². The van der Waals surface area contributed by atoms with Gasteiger partial charge in [0.25, 0.3) is 0 Å². The van der Waals surface area contributed by atoms with E-state index in [-0.39, 0.29) is 5.92 Å². The topological polar surface area (TPSA) is 107 Å². The Morgan fingerprint density at radius 2 is 1.92 bits per heavy atom. The van der Waals surface area contributed by atoms with Crippen LogP contribution in [0.4, 0.5) is 4.79 Å². The maximum Gasteiger partial charge on any atom is 0.349 e. The number of carbonyl (C=O) groups is 2. The standard InChI is InChI=1S/C6H13N3O3/c1-3(2)4(7)5(10)12-9-6(8)11/h3-4H,7H2,1-2H3,(H3,8,9,11)/t4-/m0/s1. The van der Waals surface area contributed by atoms with Gasteiger partial charge in [0, 0.05) is 0 Å². The number of primary amides is 1. The molecule has 0 aliphatic heterocycles. The molecule has 6 nitrogen and oxygen atoms in total. The predicted molar refractivity (Wildman–Crippen MR) is 41.6 cm³/mol. The molecule has 12 heavy (non-hydrogen) atoms. The number of rotatable bonds is 2. The molecule has 0 saturated carbocycles. The number of hydrogen-bond donors (Lipinski definition) is 3. The number of urea groups is 1. The summed E-state index contributed by atoms with van der Waals surface area (Å²) in [5, 5.41) is 0. The van der Waals surface area contributed by atoms with Crippen molar-refractivity contribution >= 4 is 12.0 Å². The molecule has 0 bridgehead atoms. The highest BCUT2D eigenvalue weighted by Gasteiger charge is 2.19. The summed E-state index contributed by atoms with van der Waals surface area (Å²) in [5.41, 5.74) is 11.7. The van der Waals surface area contributed by atoms with Gasteiger partial charge in [-0.05, 0) is 5.92 Å². The van der Waals surface area contributed by atoms with Gasteiger partial charge < -0.3 is 16.3 Å². The summed E-state index contributed by atoms with van der Waals surface area (Å²) in [6.45, 7) is 3.52. The lowest BCUT2D eigenvalue weighted by Crippen LogP contribution is -2.42. The molecule has 2 amide bonds. The first kappa shape index (κ1) is 10.7. The second kappa shape index (κ2) is 4.55. The third-order valence-electron chi connectivity index (χ3n) is 1.24. The molecule has 0 fully saturated rings. The Balaban J connectivity index is 3.80. The molecule has 6 heteroatoms. The first-order valence-electron chi connectivity index (χ1n) is 3.47. The lowest BCUT2D eigenvalue weighted by molar-refractivity contribution is -0.151. The van der Waals surface area contributed by atoms with Crippen molar-refractivity contribution in [1.29, 1.82) is 0 Å². The molecule has 5 N–H and O–H groups in total. The van der Waals surface area contributed by atoms with Crippen molar-refractivity contribution in [3.8, 4) is 0 Å². The van der Waals surface area contributed by atoms with E-state index in [0.29, 0.717) is 0 Å². The predicted octanol–water partition coefficient (Wildman–Crippen LogP) is -0.904. The lowest BCUT2D eigenvalue weighted by Gasteiger charge is -2.12. The lowest BCUT2D eigenvalue weighted by atomic mass is 10.1. The Labute approximate surface area is 70.2 Å². The summed E-state index contributed by atoms with van der Waals surface area (Å²) in [7, 11) is 0. The Morgan fingerprint density at radius 1 is 1.42 bits per heavy atom. The largest absolute Gasteiger partial charge is 0.349 e. The van der Waals surface area contributed by atoms with Gasteiger partial charge in [-0.25, -0.2) is 9.59 Å². The summed E-state index contributed by atoms with van der Waals surface area (Å²) < 4.78 is 0. The normalized spacial score (nSPS) is 12.3. The third-order valence-corrected chi connectivity index (χ3v) is 1.24. The third kappa shape index (κ3) is 3.77. The maximum atomic E-state index is 10.9. The number of carbonyl (C=O) groups excluding carboxylic acids is 2. The van der Waals surface area contributed by atoms with Gasteiger partial charge in [-0.3, -0.25) is 0 Å². The number of hydrogen-bond acceptors (Lipinski definition) is 4. The fourth-order valence-electron chi connectivity index (χ4n) is 0.441. The summed E-state index contributed by atoms with van der Waals surface area (Å²) in [5.74, 6) is -0.754. The van der Waals surface area contributed by atoms with Crippen molar-refractivity contribution in [2.75, 3.05) is 0 Å². The minimum atomic E-state index is -0.931. The molecule has 0 aliphatic carbocycles. The van der Waals surface area contributed by atoms with Crippen LogP contribution >= 0.6 is 0 Å². The number of nitrogens with two attached hydrogens (primary N) is 2. The summed E-state index contributed by atoms with van der Waals surface area (Å²) in [4.78, 5) is 25.2. The van der Waals surface area contributed by atoms with Crippen molar-refractivity contribution in [3.63, 3.8) is 0 Å². The van der Waals surface area contributed by atoms with Crippen LogP contribution in [0.3, 0.4) is 0 Å². The van der Waals surface area contributed by atoms with Crippen molar-refractivity contribution in [3.05, 3.63) is 0 Å². The van der Waals surface area contributed by atoms with Gasteiger partial charge in [0.1, 0.15) is 6.04 Å². The van der Waals surface area contributed by atoms with Gasteiger partial charge in [0.2, 0.25) is 0 Å². The molecule has 0 aliphatic rings. The molecule has 0 saturated heterocycles. The Morgan fingerprint density at radius 3 is 2.25 bits per heavy atom. The van der Waals surface area contributed by atoms with E-state index < -0.39 is 18.0 Å². The monoisotopic (exact) mass is 175 g/mol. The van der Waals surface area contributed by atoms with Crippen LogP contribution in [0.2, 0.25) is 0 Å². The minimum Gasteiger partial charge on any atom is -0.349 e. The van der Waals surface area contributed by atoms with Crippen LogP contribution in [-0.2, 0) is 9.63 Å². The number of nitrogens with one attached hydrogen (secondary N) is 1. The van der Waals surface area contributed by atoms with Gasteiger partial charge in [0.15, 0.2) is 0 Å². The van der Waals surface area contributed by atoms with E-state index in [1.807, 2.05) is 0 Å². The minimum absolute atomic E-state index is 0.0489. The maximum absolute atomic E-state index is 10.9. The van der Waals surface area contributed by atoms with Gasteiger partial charge in [-0.2, -0.15) is 5.48 Å². The molecule has 0 aromatic carbocycles. The van der Waals surface area contributed by atoms with Gasteiger partial charge in [-0.1, -0.05) is 13.8 Å². The second-order valence-electron chi connectivity index (χ2n) is 2.66. The first-order chi connectivity index (χ1) is 5.45. The highest BCUT2D eigenvalue weighted by Crippen LogP contribution is 1.98.